The monoisotopic (exact) mass is 492 g/mol. The van der Waals surface area contributed by atoms with Gasteiger partial charge in [-0.3, -0.25) is 0 Å². The first-order valence-corrected chi connectivity index (χ1v) is 13.3. The molecule has 1 atom stereocenters. The number of nitrogens with zero attached hydrogens (tertiary/aromatic N) is 1. The van der Waals surface area contributed by atoms with Crippen LogP contribution in [0.5, 0.6) is 0 Å². The molecule has 0 fully saturated rings. The Balaban J connectivity index is 1.36. The number of carbonyl (C=O) groups is 1. The van der Waals surface area contributed by atoms with Gasteiger partial charge in [0.2, 0.25) is 0 Å². The third-order valence-corrected chi connectivity index (χ3v) is 7.53. The van der Waals surface area contributed by atoms with Gasteiger partial charge in [0.25, 0.3) is 10.0 Å². The summed E-state index contributed by atoms with van der Waals surface area (Å²) in [6, 6.07) is 18.3. The van der Waals surface area contributed by atoms with Gasteiger partial charge in [0.15, 0.2) is 0 Å². The first kappa shape index (κ1) is 24.6. The van der Waals surface area contributed by atoms with Gasteiger partial charge in [-0.05, 0) is 80.6 Å². The first-order chi connectivity index (χ1) is 16.7. The van der Waals surface area contributed by atoms with Crippen molar-refractivity contribution in [2.45, 2.75) is 51.6 Å². The smallest absolute Gasteiger partial charge is 0.328 e. The van der Waals surface area contributed by atoms with Crippen LogP contribution in [0.1, 0.15) is 35.6 Å². The Kier molecular flexibility index (Phi) is 7.03. The fourth-order valence-corrected chi connectivity index (χ4v) is 5.39. The number of urea groups is 1. The summed E-state index contributed by atoms with van der Waals surface area (Å²) in [6.45, 7) is 8.61. The predicted molar refractivity (Wildman–Crippen MR) is 141 cm³/mol. The summed E-state index contributed by atoms with van der Waals surface area (Å²) in [6.07, 6.45) is 1.74. The lowest BCUT2D eigenvalue weighted by Gasteiger charge is -2.27. The Labute approximate surface area is 207 Å². The van der Waals surface area contributed by atoms with E-state index in [4.69, 9.17) is 0 Å². The molecular weight excluding hydrogens is 460 g/mol. The van der Waals surface area contributed by atoms with Crippen molar-refractivity contribution in [2.24, 2.45) is 0 Å². The molecule has 0 bridgehead atoms. The average molecular weight is 493 g/mol. The number of anilines is 3. The van der Waals surface area contributed by atoms with E-state index in [1.54, 1.807) is 12.1 Å². The van der Waals surface area contributed by atoms with E-state index in [1.165, 1.54) is 28.9 Å². The number of amides is 2. The number of hydrogen-bond donors (Lipinski definition) is 3. The van der Waals surface area contributed by atoms with Gasteiger partial charge in [0, 0.05) is 12.2 Å². The second-order valence-electron chi connectivity index (χ2n) is 9.01. The van der Waals surface area contributed by atoms with Crippen molar-refractivity contribution in [1.29, 1.82) is 0 Å². The Morgan fingerprint density at radius 2 is 1.66 bits per heavy atom. The van der Waals surface area contributed by atoms with Gasteiger partial charge in [0.05, 0.1) is 16.3 Å². The second kappa shape index (κ2) is 10.00. The van der Waals surface area contributed by atoms with Gasteiger partial charge < -0.3 is 15.5 Å². The number of hydrogen-bond acceptors (Lipinski definition) is 5. The van der Waals surface area contributed by atoms with Crippen molar-refractivity contribution < 1.29 is 13.2 Å². The van der Waals surface area contributed by atoms with E-state index in [0.717, 1.165) is 28.9 Å². The first-order valence-electron chi connectivity index (χ1n) is 11.8. The van der Waals surface area contributed by atoms with E-state index in [2.05, 4.69) is 65.3 Å². The zero-order valence-electron chi connectivity index (χ0n) is 20.6. The lowest BCUT2D eigenvalue weighted by molar-refractivity contribution is 0.246. The average Bonchev–Trinajstić information content (AvgIpc) is 3.18. The zero-order chi connectivity index (χ0) is 25.2. The lowest BCUT2D eigenvalue weighted by Crippen LogP contribution is -2.40. The van der Waals surface area contributed by atoms with Crippen LogP contribution in [0.3, 0.4) is 0 Å². The molecule has 1 heterocycles. The van der Waals surface area contributed by atoms with E-state index in [9.17, 15) is 13.2 Å². The molecule has 8 heteroatoms. The van der Waals surface area contributed by atoms with E-state index in [-0.39, 0.29) is 11.1 Å². The fraction of sp³-hybridized carbons (Fsp3) is 0.296. The maximum atomic E-state index is 12.4. The molecule has 0 aliphatic carbocycles. The summed E-state index contributed by atoms with van der Waals surface area (Å²) < 4.78 is 26.8. The molecule has 0 spiro atoms. The number of fused-ring (bicyclic) bond motifs is 1. The fourth-order valence-electron chi connectivity index (χ4n) is 4.46. The highest BCUT2D eigenvalue weighted by molar-refractivity contribution is 7.90. The number of carbonyl (C=O) groups excluding carboxylic acids is 1. The van der Waals surface area contributed by atoms with E-state index < -0.39 is 16.1 Å². The number of rotatable bonds is 7. The molecule has 4 rings (SSSR count). The molecule has 1 unspecified atom stereocenters. The third kappa shape index (κ3) is 5.43. The Bertz CT molecular complexity index is 1320. The maximum Gasteiger partial charge on any atom is 0.328 e. The van der Waals surface area contributed by atoms with Gasteiger partial charge in [-0.25, -0.2) is 17.9 Å². The molecule has 184 valence electrons. The number of benzene rings is 3. The molecule has 7 nitrogen and oxygen atoms in total. The van der Waals surface area contributed by atoms with Crippen LogP contribution in [0.25, 0.3) is 0 Å². The van der Waals surface area contributed by atoms with Gasteiger partial charge in [-0.2, -0.15) is 0 Å². The SMILES string of the molecule is CCC1Nc2cc(C)cc(C)c2N1c1ccc(CCNC(=O)NS(=O)(=O)c2ccc(C)cc2)cc1. The zero-order valence-corrected chi connectivity index (χ0v) is 21.4. The van der Waals surface area contributed by atoms with Gasteiger partial charge in [-0.1, -0.05) is 42.8 Å². The topological polar surface area (TPSA) is 90.5 Å². The van der Waals surface area contributed by atoms with Crippen molar-refractivity contribution >= 4 is 33.1 Å². The van der Waals surface area contributed by atoms with E-state index in [1.807, 2.05) is 19.1 Å². The molecule has 2 amide bonds. The summed E-state index contributed by atoms with van der Waals surface area (Å²) in [5.74, 6) is 0. The van der Waals surface area contributed by atoms with Crippen LogP contribution in [0.15, 0.2) is 65.6 Å². The standard InChI is InChI=1S/C27H32N4O3S/c1-5-25-29-24-17-19(3)16-20(4)26(24)31(25)22-10-8-21(9-11-22)14-15-28-27(32)30-35(33,34)23-12-6-18(2)7-13-23/h6-13,16-17,25,29H,5,14-15H2,1-4H3,(H2,28,30,32). The Morgan fingerprint density at radius 1 is 0.971 bits per heavy atom. The van der Waals surface area contributed by atoms with Crippen molar-refractivity contribution in [1.82, 2.24) is 10.0 Å². The van der Waals surface area contributed by atoms with Crippen molar-refractivity contribution in [3.63, 3.8) is 0 Å². The minimum Gasteiger partial charge on any atom is -0.363 e. The number of aryl methyl sites for hydroxylation is 3. The van der Waals surface area contributed by atoms with Crippen LogP contribution in [0.4, 0.5) is 21.9 Å². The van der Waals surface area contributed by atoms with Crippen LogP contribution >= 0.6 is 0 Å². The summed E-state index contributed by atoms with van der Waals surface area (Å²) in [5.41, 5.74) is 7.95. The third-order valence-electron chi connectivity index (χ3n) is 6.18. The quantitative estimate of drug-likeness (QED) is 0.425. The largest absolute Gasteiger partial charge is 0.363 e. The highest BCUT2D eigenvalue weighted by atomic mass is 32.2. The molecule has 3 aromatic rings. The molecule has 0 saturated heterocycles. The maximum absolute atomic E-state index is 12.4. The molecule has 0 aromatic heterocycles. The molecule has 0 saturated carbocycles. The minimum atomic E-state index is -3.90. The summed E-state index contributed by atoms with van der Waals surface area (Å²) in [7, 11) is -3.90. The number of nitrogens with one attached hydrogen (secondary N) is 3. The minimum absolute atomic E-state index is 0.0580. The Hall–Kier alpha value is -3.52. The van der Waals surface area contributed by atoms with Crippen molar-refractivity contribution in [3.05, 3.63) is 82.9 Å². The van der Waals surface area contributed by atoms with E-state index >= 15 is 0 Å². The van der Waals surface area contributed by atoms with Crippen LogP contribution in [0, 0.1) is 20.8 Å². The summed E-state index contributed by atoms with van der Waals surface area (Å²) >= 11 is 0. The van der Waals surface area contributed by atoms with Crippen LogP contribution in [-0.2, 0) is 16.4 Å². The van der Waals surface area contributed by atoms with E-state index in [0.29, 0.717) is 13.0 Å². The van der Waals surface area contributed by atoms with Crippen LogP contribution in [-0.4, -0.2) is 27.2 Å². The number of sulfonamides is 1. The molecule has 3 N–H and O–H groups in total. The second-order valence-corrected chi connectivity index (χ2v) is 10.7. The molecule has 1 aliphatic heterocycles. The normalized spacial score (nSPS) is 14.9. The predicted octanol–water partition coefficient (Wildman–Crippen LogP) is 5.14. The molecular formula is C27H32N4O3S. The molecule has 3 aromatic carbocycles. The Morgan fingerprint density at radius 3 is 2.31 bits per heavy atom. The van der Waals surface area contributed by atoms with Crippen LogP contribution < -0.4 is 20.3 Å². The van der Waals surface area contributed by atoms with Gasteiger partial charge in [0.1, 0.15) is 6.17 Å². The van der Waals surface area contributed by atoms with Gasteiger partial charge in [-0.15, -0.1) is 0 Å². The lowest BCUT2D eigenvalue weighted by atomic mass is 10.1. The summed E-state index contributed by atoms with van der Waals surface area (Å²) in [5, 5.41) is 6.26. The molecule has 1 aliphatic rings. The molecule has 35 heavy (non-hydrogen) atoms. The van der Waals surface area contributed by atoms with Crippen LogP contribution in [0.2, 0.25) is 0 Å². The summed E-state index contributed by atoms with van der Waals surface area (Å²) in [4.78, 5) is 14.5. The highest BCUT2D eigenvalue weighted by Crippen LogP contribution is 2.43. The molecule has 0 radical (unpaired) electrons. The highest BCUT2D eigenvalue weighted by Gasteiger charge is 2.30. The van der Waals surface area contributed by atoms with Gasteiger partial charge >= 0.3 is 6.03 Å². The van der Waals surface area contributed by atoms with Crippen molar-refractivity contribution in [2.75, 3.05) is 16.8 Å². The van der Waals surface area contributed by atoms with Crippen molar-refractivity contribution in [3.8, 4) is 0 Å².